The normalized spacial score (nSPS) is 27.3. The lowest BCUT2D eigenvalue weighted by Crippen LogP contribution is -2.17. The summed E-state index contributed by atoms with van der Waals surface area (Å²) in [7, 11) is 0. The molecule has 3 aliphatic rings. The predicted octanol–water partition coefficient (Wildman–Crippen LogP) is 2.38. The maximum Gasteiger partial charge on any atom is 0.0341 e. The molecule has 0 heterocycles. The monoisotopic (exact) mass is 181 g/mol. The van der Waals surface area contributed by atoms with Gasteiger partial charge in [0, 0.05) is 11.6 Å². The second kappa shape index (κ2) is 2.61. The molecule has 0 aromatic rings. The third kappa shape index (κ3) is 0.956. The highest BCUT2D eigenvalue weighted by molar-refractivity contribution is 5.59. The van der Waals surface area contributed by atoms with Crippen LogP contribution in [-0.4, -0.2) is 0 Å². The highest BCUT2D eigenvalue weighted by atomic mass is 14.6. The molecule has 0 saturated heterocycles. The van der Waals surface area contributed by atoms with E-state index in [-0.39, 0.29) is 0 Å². The van der Waals surface area contributed by atoms with E-state index in [4.69, 9.17) is 5.73 Å². The Labute approximate surface area is 83.3 Å². The molecule has 0 aromatic carbocycles. The summed E-state index contributed by atoms with van der Waals surface area (Å²) in [6, 6.07) is 0. The van der Waals surface area contributed by atoms with Gasteiger partial charge in [-0.15, -0.1) is 0 Å². The highest BCUT2D eigenvalue weighted by Gasteiger charge is 2.25. The Morgan fingerprint density at radius 2 is 1.57 bits per heavy atom. The molecule has 3 rings (SSSR count). The molecule has 0 amide bonds. The smallest absolute Gasteiger partial charge is 0.0341 e. The zero-order valence-electron chi connectivity index (χ0n) is 7.77. The third-order valence-electron chi connectivity index (χ3n) is 2.82. The van der Waals surface area contributed by atoms with Gasteiger partial charge in [0.1, 0.15) is 0 Å². The van der Waals surface area contributed by atoms with Gasteiger partial charge >= 0.3 is 0 Å². The molecular formula is C13H11N. The maximum absolute atomic E-state index is 5.84. The van der Waals surface area contributed by atoms with Crippen LogP contribution in [0.3, 0.4) is 0 Å². The number of allylic oxidation sites excluding steroid dienone is 11. The van der Waals surface area contributed by atoms with E-state index in [0.717, 1.165) is 5.70 Å². The van der Waals surface area contributed by atoms with Crippen LogP contribution < -0.4 is 5.73 Å². The minimum Gasteiger partial charge on any atom is -0.399 e. The third-order valence-corrected chi connectivity index (χ3v) is 2.82. The van der Waals surface area contributed by atoms with Gasteiger partial charge in [-0.25, -0.2) is 0 Å². The molecule has 0 bridgehead atoms. The van der Waals surface area contributed by atoms with Crippen molar-refractivity contribution in [2.45, 2.75) is 0 Å². The fourth-order valence-electron chi connectivity index (χ4n) is 2.25. The lowest BCUT2D eigenvalue weighted by Gasteiger charge is -2.29. The first kappa shape index (κ1) is 7.63. The van der Waals surface area contributed by atoms with E-state index in [1.54, 1.807) is 0 Å². The summed E-state index contributed by atoms with van der Waals surface area (Å²) in [6.07, 6.45) is 16.9. The summed E-state index contributed by atoms with van der Waals surface area (Å²) in [5.74, 6) is 0.428. The molecule has 1 unspecified atom stereocenters. The average molecular weight is 181 g/mol. The van der Waals surface area contributed by atoms with Gasteiger partial charge in [0.2, 0.25) is 0 Å². The van der Waals surface area contributed by atoms with Crippen molar-refractivity contribution in [3.05, 3.63) is 71.0 Å². The Hall–Kier alpha value is -1.76. The molecule has 2 N–H and O–H groups in total. The maximum atomic E-state index is 5.84. The molecular weight excluding hydrogens is 170 g/mol. The van der Waals surface area contributed by atoms with Gasteiger partial charge in [0.05, 0.1) is 0 Å². The van der Waals surface area contributed by atoms with E-state index in [9.17, 15) is 0 Å². The summed E-state index contributed by atoms with van der Waals surface area (Å²) in [6.45, 7) is 0. The van der Waals surface area contributed by atoms with Gasteiger partial charge in [-0.3, -0.25) is 0 Å². The number of hydrogen-bond donors (Lipinski definition) is 1. The topological polar surface area (TPSA) is 26.0 Å². The van der Waals surface area contributed by atoms with Gasteiger partial charge in [0.15, 0.2) is 0 Å². The SMILES string of the molecule is NC1=CC2=CC=CC3=CC=CC(=C1)C32. The van der Waals surface area contributed by atoms with Crippen LogP contribution in [0.1, 0.15) is 0 Å². The number of rotatable bonds is 0. The molecule has 1 nitrogen and oxygen atoms in total. The summed E-state index contributed by atoms with van der Waals surface area (Å²) in [4.78, 5) is 0. The molecule has 0 radical (unpaired) electrons. The van der Waals surface area contributed by atoms with E-state index in [2.05, 4.69) is 48.6 Å². The predicted molar refractivity (Wildman–Crippen MR) is 58.3 cm³/mol. The summed E-state index contributed by atoms with van der Waals surface area (Å²) in [5.41, 5.74) is 10.7. The van der Waals surface area contributed by atoms with Crippen molar-refractivity contribution >= 4 is 0 Å². The number of hydrogen-bond acceptors (Lipinski definition) is 1. The second-order valence-electron chi connectivity index (χ2n) is 3.77. The van der Waals surface area contributed by atoms with Gasteiger partial charge in [-0.05, 0) is 28.9 Å². The van der Waals surface area contributed by atoms with Crippen molar-refractivity contribution in [3.8, 4) is 0 Å². The molecule has 1 heteroatoms. The van der Waals surface area contributed by atoms with Crippen LogP contribution >= 0.6 is 0 Å². The first-order chi connectivity index (χ1) is 6.84. The summed E-state index contributed by atoms with van der Waals surface area (Å²) in [5, 5.41) is 0. The molecule has 14 heavy (non-hydrogen) atoms. The summed E-state index contributed by atoms with van der Waals surface area (Å²) >= 11 is 0. The lowest BCUT2D eigenvalue weighted by molar-refractivity contribution is 0.869. The molecule has 0 fully saturated rings. The Kier molecular flexibility index (Phi) is 1.42. The molecule has 0 aliphatic heterocycles. The van der Waals surface area contributed by atoms with Crippen LogP contribution in [0.25, 0.3) is 0 Å². The Bertz CT molecular complexity index is 465. The first-order valence-corrected chi connectivity index (χ1v) is 4.80. The quantitative estimate of drug-likeness (QED) is 0.610. The molecule has 3 aliphatic carbocycles. The van der Waals surface area contributed by atoms with Crippen LogP contribution in [0.5, 0.6) is 0 Å². The lowest BCUT2D eigenvalue weighted by atomic mass is 9.76. The van der Waals surface area contributed by atoms with Gasteiger partial charge < -0.3 is 5.73 Å². The van der Waals surface area contributed by atoms with Crippen molar-refractivity contribution in [2.75, 3.05) is 0 Å². The Morgan fingerprint density at radius 1 is 0.857 bits per heavy atom. The molecule has 68 valence electrons. The second-order valence-corrected chi connectivity index (χ2v) is 3.77. The highest BCUT2D eigenvalue weighted by Crippen LogP contribution is 2.38. The minimum atomic E-state index is 0.428. The Balaban J connectivity index is 2.23. The van der Waals surface area contributed by atoms with Crippen LogP contribution in [0.15, 0.2) is 71.0 Å². The fourth-order valence-corrected chi connectivity index (χ4v) is 2.25. The van der Waals surface area contributed by atoms with Gasteiger partial charge in [-0.1, -0.05) is 36.5 Å². The minimum absolute atomic E-state index is 0.428. The fraction of sp³-hybridized carbons (Fsp3) is 0.0769. The van der Waals surface area contributed by atoms with E-state index >= 15 is 0 Å². The van der Waals surface area contributed by atoms with Crippen molar-refractivity contribution < 1.29 is 0 Å². The van der Waals surface area contributed by atoms with Crippen LogP contribution in [-0.2, 0) is 0 Å². The molecule has 1 atom stereocenters. The summed E-state index contributed by atoms with van der Waals surface area (Å²) < 4.78 is 0. The Morgan fingerprint density at radius 3 is 2.43 bits per heavy atom. The average Bonchev–Trinajstić information content (AvgIpc) is 2.18. The molecule has 0 aromatic heterocycles. The van der Waals surface area contributed by atoms with E-state index in [1.807, 2.05) is 0 Å². The number of nitrogens with two attached hydrogens (primary N) is 1. The zero-order chi connectivity index (χ0) is 9.54. The van der Waals surface area contributed by atoms with Crippen LogP contribution in [0, 0.1) is 5.92 Å². The van der Waals surface area contributed by atoms with Gasteiger partial charge in [-0.2, -0.15) is 0 Å². The largest absolute Gasteiger partial charge is 0.399 e. The van der Waals surface area contributed by atoms with Crippen LogP contribution in [0.4, 0.5) is 0 Å². The van der Waals surface area contributed by atoms with Crippen molar-refractivity contribution in [3.63, 3.8) is 0 Å². The van der Waals surface area contributed by atoms with Crippen molar-refractivity contribution in [1.29, 1.82) is 0 Å². The standard InChI is InChI=1S/C13H11N/c14-12-7-10-5-1-3-9-4-2-6-11(8-12)13(9)10/h1-8,13H,14H2. The van der Waals surface area contributed by atoms with Gasteiger partial charge in [0.25, 0.3) is 0 Å². The van der Waals surface area contributed by atoms with Crippen molar-refractivity contribution in [2.24, 2.45) is 11.7 Å². The molecule has 0 spiro atoms. The van der Waals surface area contributed by atoms with E-state index in [1.165, 1.54) is 16.7 Å². The van der Waals surface area contributed by atoms with E-state index < -0.39 is 0 Å². The van der Waals surface area contributed by atoms with E-state index in [0.29, 0.717) is 5.92 Å². The first-order valence-electron chi connectivity index (χ1n) is 4.80. The van der Waals surface area contributed by atoms with Crippen molar-refractivity contribution in [1.82, 2.24) is 0 Å². The van der Waals surface area contributed by atoms with Crippen LogP contribution in [0.2, 0.25) is 0 Å². The zero-order valence-corrected chi connectivity index (χ0v) is 7.77. The molecule has 0 saturated carbocycles.